The van der Waals surface area contributed by atoms with Gasteiger partial charge in [-0.15, -0.1) is 0 Å². The predicted octanol–water partition coefficient (Wildman–Crippen LogP) is 3.73. The van der Waals surface area contributed by atoms with Crippen molar-refractivity contribution in [3.8, 4) is 11.3 Å². The summed E-state index contributed by atoms with van der Waals surface area (Å²) in [7, 11) is 0. The largest absolute Gasteiger partial charge is 0.350 e. The Hall–Kier alpha value is -2.95. The fraction of sp³-hybridized carbons (Fsp3) is 0. The molecule has 0 aliphatic rings. The fourth-order valence-electron chi connectivity index (χ4n) is 1.87. The van der Waals surface area contributed by atoms with Gasteiger partial charge in [0, 0.05) is 11.6 Å². The second-order valence-electron chi connectivity index (χ2n) is 4.38. The summed E-state index contributed by atoms with van der Waals surface area (Å²) >= 11 is 0. The summed E-state index contributed by atoms with van der Waals surface area (Å²) in [6.45, 7) is 0. The Bertz CT molecular complexity index is 769. The van der Waals surface area contributed by atoms with Gasteiger partial charge in [-0.05, 0) is 12.1 Å². The molecule has 21 heavy (non-hydrogen) atoms. The standard InChI is InChI=1S/C16H11FN2O2/c17-12-8-4-5-9-13(12)18-16(20)15-10-14(19-21-15)11-6-2-1-3-7-11/h1-10H,(H,18,20). The highest BCUT2D eigenvalue weighted by atomic mass is 19.1. The van der Waals surface area contributed by atoms with Gasteiger partial charge in [0.15, 0.2) is 0 Å². The van der Waals surface area contributed by atoms with Crippen molar-refractivity contribution in [3.63, 3.8) is 0 Å². The topological polar surface area (TPSA) is 55.1 Å². The number of rotatable bonds is 3. The van der Waals surface area contributed by atoms with E-state index in [-0.39, 0.29) is 11.4 Å². The van der Waals surface area contributed by atoms with Crippen molar-refractivity contribution in [2.75, 3.05) is 5.32 Å². The number of nitrogens with zero attached hydrogens (tertiary/aromatic N) is 1. The first kappa shape index (κ1) is 13.1. The minimum Gasteiger partial charge on any atom is -0.350 e. The number of para-hydroxylation sites is 1. The van der Waals surface area contributed by atoms with Crippen LogP contribution in [-0.4, -0.2) is 11.1 Å². The molecule has 0 bridgehead atoms. The van der Waals surface area contributed by atoms with Crippen LogP contribution in [0.25, 0.3) is 11.3 Å². The monoisotopic (exact) mass is 282 g/mol. The van der Waals surface area contributed by atoms with Crippen LogP contribution in [0, 0.1) is 5.82 Å². The fourth-order valence-corrected chi connectivity index (χ4v) is 1.87. The molecule has 0 radical (unpaired) electrons. The molecular formula is C16H11FN2O2. The number of anilines is 1. The van der Waals surface area contributed by atoms with Gasteiger partial charge in [0.1, 0.15) is 11.5 Å². The van der Waals surface area contributed by atoms with Crippen LogP contribution in [0.15, 0.2) is 65.2 Å². The first-order valence-electron chi connectivity index (χ1n) is 6.32. The van der Waals surface area contributed by atoms with Crippen LogP contribution in [0.1, 0.15) is 10.6 Å². The van der Waals surface area contributed by atoms with Gasteiger partial charge in [-0.25, -0.2) is 4.39 Å². The number of hydrogen-bond donors (Lipinski definition) is 1. The second-order valence-corrected chi connectivity index (χ2v) is 4.38. The number of carbonyl (C=O) groups is 1. The third-order valence-corrected chi connectivity index (χ3v) is 2.93. The van der Waals surface area contributed by atoms with E-state index in [1.165, 1.54) is 18.2 Å². The molecule has 2 aromatic carbocycles. The summed E-state index contributed by atoms with van der Waals surface area (Å²) in [6, 6.07) is 16.8. The lowest BCUT2D eigenvalue weighted by atomic mass is 10.1. The normalized spacial score (nSPS) is 10.3. The van der Waals surface area contributed by atoms with E-state index in [1.54, 1.807) is 12.1 Å². The smallest absolute Gasteiger partial charge is 0.294 e. The zero-order valence-electron chi connectivity index (χ0n) is 10.9. The number of hydrogen-bond acceptors (Lipinski definition) is 3. The first-order chi connectivity index (χ1) is 10.2. The van der Waals surface area contributed by atoms with Crippen molar-refractivity contribution in [2.45, 2.75) is 0 Å². The van der Waals surface area contributed by atoms with Gasteiger partial charge in [0.25, 0.3) is 5.91 Å². The van der Waals surface area contributed by atoms with E-state index in [2.05, 4.69) is 10.5 Å². The molecule has 0 spiro atoms. The highest BCUT2D eigenvalue weighted by molar-refractivity contribution is 6.02. The van der Waals surface area contributed by atoms with Gasteiger partial charge in [-0.2, -0.15) is 0 Å². The van der Waals surface area contributed by atoms with E-state index in [1.807, 2.05) is 30.3 Å². The van der Waals surface area contributed by atoms with Crippen LogP contribution in [0.4, 0.5) is 10.1 Å². The third kappa shape index (κ3) is 2.81. The Balaban J connectivity index is 1.80. The number of benzene rings is 2. The maximum absolute atomic E-state index is 13.5. The van der Waals surface area contributed by atoms with Crippen molar-refractivity contribution < 1.29 is 13.7 Å². The van der Waals surface area contributed by atoms with Crippen LogP contribution in [0.3, 0.4) is 0 Å². The van der Waals surface area contributed by atoms with E-state index in [4.69, 9.17) is 4.52 Å². The molecule has 0 unspecified atom stereocenters. The summed E-state index contributed by atoms with van der Waals surface area (Å²) in [5.41, 5.74) is 1.49. The molecule has 1 heterocycles. The van der Waals surface area contributed by atoms with E-state index in [0.29, 0.717) is 5.69 Å². The van der Waals surface area contributed by atoms with Gasteiger partial charge in [-0.3, -0.25) is 4.79 Å². The number of carbonyl (C=O) groups excluding carboxylic acids is 1. The molecule has 1 N–H and O–H groups in total. The average Bonchev–Trinajstić information content (AvgIpc) is 3.00. The summed E-state index contributed by atoms with van der Waals surface area (Å²) in [6.07, 6.45) is 0. The molecule has 3 rings (SSSR count). The van der Waals surface area contributed by atoms with Crippen molar-refractivity contribution >= 4 is 11.6 Å². The number of aromatic nitrogens is 1. The van der Waals surface area contributed by atoms with Gasteiger partial charge in [0.05, 0.1) is 5.69 Å². The molecule has 1 aromatic heterocycles. The summed E-state index contributed by atoms with van der Waals surface area (Å²) in [5.74, 6) is -1.03. The Labute approximate surface area is 120 Å². The quantitative estimate of drug-likeness (QED) is 0.796. The molecule has 3 aromatic rings. The maximum atomic E-state index is 13.5. The van der Waals surface area contributed by atoms with E-state index in [9.17, 15) is 9.18 Å². The summed E-state index contributed by atoms with van der Waals surface area (Å²) < 4.78 is 18.5. The Kier molecular flexibility index (Phi) is 3.47. The summed E-state index contributed by atoms with van der Waals surface area (Å²) in [4.78, 5) is 12.0. The van der Waals surface area contributed by atoms with Crippen LogP contribution in [0.2, 0.25) is 0 Å². The number of halogens is 1. The van der Waals surface area contributed by atoms with Crippen LogP contribution in [0.5, 0.6) is 0 Å². The molecule has 4 nitrogen and oxygen atoms in total. The molecule has 0 fully saturated rings. The predicted molar refractivity (Wildman–Crippen MR) is 76.3 cm³/mol. The van der Waals surface area contributed by atoms with Crippen molar-refractivity contribution in [1.29, 1.82) is 0 Å². The van der Waals surface area contributed by atoms with Crippen molar-refractivity contribution in [3.05, 3.63) is 72.2 Å². The van der Waals surface area contributed by atoms with E-state index >= 15 is 0 Å². The molecule has 0 saturated carbocycles. The maximum Gasteiger partial charge on any atom is 0.294 e. The Morgan fingerprint density at radius 3 is 2.52 bits per heavy atom. The van der Waals surface area contributed by atoms with E-state index in [0.717, 1.165) is 5.56 Å². The molecule has 5 heteroatoms. The zero-order chi connectivity index (χ0) is 14.7. The van der Waals surface area contributed by atoms with Crippen LogP contribution < -0.4 is 5.32 Å². The minimum absolute atomic E-state index is 0.0251. The molecule has 0 saturated heterocycles. The molecule has 0 aliphatic carbocycles. The number of nitrogens with one attached hydrogen (secondary N) is 1. The molecule has 1 amide bonds. The van der Waals surface area contributed by atoms with E-state index < -0.39 is 11.7 Å². The van der Waals surface area contributed by atoms with Crippen LogP contribution >= 0.6 is 0 Å². The average molecular weight is 282 g/mol. The van der Waals surface area contributed by atoms with Gasteiger partial charge >= 0.3 is 0 Å². The van der Waals surface area contributed by atoms with Gasteiger partial charge in [-0.1, -0.05) is 47.6 Å². The lowest BCUT2D eigenvalue weighted by Crippen LogP contribution is -2.11. The lowest BCUT2D eigenvalue weighted by molar-refractivity contribution is 0.0987. The summed E-state index contributed by atoms with van der Waals surface area (Å²) in [5, 5.41) is 6.29. The SMILES string of the molecule is O=C(Nc1ccccc1F)c1cc(-c2ccccc2)no1. The Morgan fingerprint density at radius 1 is 1.05 bits per heavy atom. The number of amides is 1. The Morgan fingerprint density at radius 2 is 1.76 bits per heavy atom. The van der Waals surface area contributed by atoms with Crippen LogP contribution in [-0.2, 0) is 0 Å². The third-order valence-electron chi connectivity index (χ3n) is 2.93. The zero-order valence-corrected chi connectivity index (χ0v) is 10.9. The molecular weight excluding hydrogens is 271 g/mol. The molecule has 104 valence electrons. The second kappa shape index (κ2) is 5.58. The first-order valence-corrected chi connectivity index (χ1v) is 6.32. The van der Waals surface area contributed by atoms with Gasteiger partial charge in [0.2, 0.25) is 5.76 Å². The molecule has 0 atom stereocenters. The highest BCUT2D eigenvalue weighted by Crippen LogP contribution is 2.20. The van der Waals surface area contributed by atoms with Gasteiger partial charge < -0.3 is 9.84 Å². The highest BCUT2D eigenvalue weighted by Gasteiger charge is 2.15. The molecule has 0 aliphatic heterocycles. The van der Waals surface area contributed by atoms with Crippen molar-refractivity contribution in [2.24, 2.45) is 0 Å². The van der Waals surface area contributed by atoms with Crippen molar-refractivity contribution in [1.82, 2.24) is 5.16 Å². The minimum atomic E-state index is -0.546. The lowest BCUT2D eigenvalue weighted by Gasteiger charge is -2.02.